The van der Waals surface area contributed by atoms with Crippen LogP contribution in [0.1, 0.15) is 59.9 Å². The molecule has 152 valence electrons. The van der Waals surface area contributed by atoms with Crippen molar-refractivity contribution in [2.75, 3.05) is 30.9 Å². The molecule has 0 fully saturated rings. The topological polar surface area (TPSA) is 52.7 Å². The van der Waals surface area contributed by atoms with Gasteiger partial charge in [-0.15, -0.1) is 0 Å². The molecule has 0 aromatic heterocycles. The van der Waals surface area contributed by atoms with Gasteiger partial charge in [0.1, 0.15) is 0 Å². The SMILES string of the molecule is CCCN(Cc1cc(NC(=O)CC(C)(C)C)ccc1N(C)C)C(=O)C(C)C. The van der Waals surface area contributed by atoms with Gasteiger partial charge >= 0.3 is 0 Å². The standard InChI is InChI=1S/C22H37N3O2/c1-9-12-25(21(27)16(2)3)15-17-13-18(10-11-19(17)24(7)8)23-20(26)14-22(4,5)6/h10-11,13,16H,9,12,14-15H2,1-8H3,(H,23,26). The van der Waals surface area contributed by atoms with Crippen molar-refractivity contribution in [3.63, 3.8) is 0 Å². The molecule has 0 spiro atoms. The van der Waals surface area contributed by atoms with E-state index in [2.05, 4.69) is 12.2 Å². The quantitative estimate of drug-likeness (QED) is 0.727. The summed E-state index contributed by atoms with van der Waals surface area (Å²) in [6.07, 6.45) is 1.38. The maximum absolute atomic E-state index is 12.6. The van der Waals surface area contributed by atoms with E-state index >= 15 is 0 Å². The molecule has 1 aromatic carbocycles. The van der Waals surface area contributed by atoms with Gasteiger partial charge in [-0.2, -0.15) is 0 Å². The molecule has 27 heavy (non-hydrogen) atoms. The zero-order valence-electron chi connectivity index (χ0n) is 18.3. The van der Waals surface area contributed by atoms with Crippen molar-refractivity contribution in [1.82, 2.24) is 4.90 Å². The monoisotopic (exact) mass is 375 g/mol. The highest BCUT2D eigenvalue weighted by atomic mass is 16.2. The van der Waals surface area contributed by atoms with Crippen molar-refractivity contribution in [2.45, 2.75) is 60.9 Å². The maximum atomic E-state index is 12.6. The molecule has 0 heterocycles. The first-order valence-electron chi connectivity index (χ1n) is 9.83. The average Bonchev–Trinajstić information content (AvgIpc) is 2.51. The minimum absolute atomic E-state index is 0.00900. The van der Waals surface area contributed by atoms with E-state index in [0.717, 1.165) is 29.9 Å². The van der Waals surface area contributed by atoms with Crippen molar-refractivity contribution in [2.24, 2.45) is 11.3 Å². The second kappa shape index (κ2) is 9.77. The van der Waals surface area contributed by atoms with Gasteiger partial charge in [0.25, 0.3) is 0 Å². The lowest BCUT2D eigenvalue weighted by Gasteiger charge is -2.27. The van der Waals surface area contributed by atoms with Gasteiger partial charge in [-0.3, -0.25) is 9.59 Å². The zero-order chi connectivity index (χ0) is 20.8. The lowest BCUT2D eigenvalue weighted by Crippen LogP contribution is -2.35. The van der Waals surface area contributed by atoms with E-state index in [9.17, 15) is 9.59 Å². The zero-order valence-corrected chi connectivity index (χ0v) is 18.3. The summed E-state index contributed by atoms with van der Waals surface area (Å²) < 4.78 is 0. The predicted molar refractivity (Wildman–Crippen MR) is 114 cm³/mol. The number of anilines is 2. The Bertz CT molecular complexity index is 645. The fourth-order valence-electron chi connectivity index (χ4n) is 3.02. The van der Waals surface area contributed by atoms with Crippen LogP contribution in [0, 0.1) is 11.3 Å². The molecular weight excluding hydrogens is 338 g/mol. The first-order chi connectivity index (χ1) is 12.4. The fourth-order valence-corrected chi connectivity index (χ4v) is 3.02. The molecule has 1 aromatic rings. The third kappa shape index (κ3) is 7.61. The molecule has 0 atom stereocenters. The van der Waals surface area contributed by atoms with Crippen molar-refractivity contribution in [3.05, 3.63) is 23.8 Å². The van der Waals surface area contributed by atoms with Gasteiger partial charge in [-0.05, 0) is 35.6 Å². The Kier molecular flexibility index (Phi) is 8.32. The first-order valence-corrected chi connectivity index (χ1v) is 9.83. The Morgan fingerprint density at radius 3 is 2.26 bits per heavy atom. The normalized spacial score (nSPS) is 11.4. The smallest absolute Gasteiger partial charge is 0.225 e. The number of carbonyl (C=O) groups is 2. The molecule has 5 heteroatoms. The fraction of sp³-hybridized carbons (Fsp3) is 0.636. The van der Waals surface area contributed by atoms with Crippen LogP contribution in [0.4, 0.5) is 11.4 Å². The molecule has 2 amide bonds. The van der Waals surface area contributed by atoms with Crippen LogP contribution < -0.4 is 10.2 Å². The van der Waals surface area contributed by atoms with Crippen LogP contribution in [0.5, 0.6) is 0 Å². The van der Waals surface area contributed by atoms with Gasteiger partial charge in [0, 0.05) is 50.9 Å². The highest BCUT2D eigenvalue weighted by molar-refractivity contribution is 5.91. The van der Waals surface area contributed by atoms with E-state index in [4.69, 9.17) is 0 Å². The molecular formula is C22H37N3O2. The van der Waals surface area contributed by atoms with Gasteiger partial charge in [0.2, 0.25) is 11.8 Å². The lowest BCUT2D eigenvalue weighted by atomic mass is 9.92. The lowest BCUT2D eigenvalue weighted by molar-refractivity contribution is -0.135. The summed E-state index contributed by atoms with van der Waals surface area (Å²) in [5.74, 6) is 0.132. The number of carbonyl (C=O) groups excluding carboxylic acids is 2. The van der Waals surface area contributed by atoms with E-state index in [0.29, 0.717) is 13.0 Å². The molecule has 0 aliphatic carbocycles. The largest absolute Gasteiger partial charge is 0.377 e. The predicted octanol–water partition coefficient (Wildman–Crippen LogP) is 4.52. The molecule has 1 N–H and O–H groups in total. The first kappa shape index (κ1) is 23.0. The molecule has 0 unspecified atom stereocenters. The van der Waals surface area contributed by atoms with Crippen molar-refractivity contribution >= 4 is 23.2 Å². The van der Waals surface area contributed by atoms with Crippen LogP contribution in [0.15, 0.2) is 18.2 Å². The average molecular weight is 376 g/mol. The summed E-state index contributed by atoms with van der Waals surface area (Å²) in [6, 6.07) is 5.92. The van der Waals surface area contributed by atoms with Gasteiger partial charge in [-0.25, -0.2) is 0 Å². The Balaban J connectivity index is 3.11. The Morgan fingerprint density at radius 2 is 1.78 bits per heavy atom. The number of hydrogen-bond donors (Lipinski definition) is 1. The number of rotatable bonds is 8. The number of nitrogens with zero attached hydrogens (tertiary/aromatic N) is 2. The van der Waals surface area contributed by atoms with Gasteiger partial charge < -0.3 is 15.1 Å². The van der Waals surface area contributed by atoms with E-state index < -0.39 is 0 Å². The minimum atomic E-state index is -0.0574. The summed E-state index contributed by atoms with van der Waals surface area (Å²) in [4.78, 5) is 28.8. The second-order valence-corrected chi connectivity index (χ2v) is 8.94. The van der Waals surface area contributed by atoms with E-state index in [1.807, 2.05) is 76.7 Å². The Morgan fingerprint density at radius 1 is 1.15 bits per heavy atom. The van der Waals surface area contributed by atoms with Crippen LogP contribution >= 0.6 is 0 Å². The van der Waals surface area contributed by atoms with Crippen molar-refractivity contribution < 1.29 is 9.59 Å². The van der Waals surface area contributed by atoms with Crippen LogP contribution in [0.2, 0.25) is 0 Å². The summed E-state index contributed by atoms with van der Waals surface area (Å²) in [5, 5.41) is 3.00. The highest BCUT2D eigenvalue weighted by Crippen LogP contribution is 2.26. The molecule has 0 aliphatic rings. The van der Waals surface area contributed by atoms with E-state index in [1.54, 1.807) is 0 Å². The van der Waals surface area contributed by atoms with Crippen LogP contribution in [-0.2, 0) is 16.1 Å². The third-order valence-electron chi connectivity index (χ3n) is 4.20. The summed E-state index contributed by atoms with van der Waals surface area (Å²) in [7, 11) is 3.98. The number of amides is 2. The Hall–Kier alpha value is -2.04. The molecule has 0 bridgehead atoms. The molecule has 0 radical (unpaired) electrons. The van der Waals surface area contributed by atoms with Gasteiger partial charge in [-0.1, -0.05) is 41.5 Å². The summed E-state index contributed by atoms with van der Waals surface area (Å²) in [5.41, 5.74) is 2.81. The molecule has 0 saturated carbocycles. The summed E-state index contributed by atoms with van der Waals surface area (Å²) >= 11 is 0. The van der Waals surface area contributed by atoms with Crippen LogP contribution in [0.25, 0.3) is 0 Å². The third-order valence-corrected chi connectivity index (χ3v) is 4.20. The Labute approximate surface area is 165 Å². The molecule has 5 nitrogen and oxygen atoms in total. The van der Waals surface area contributed by atoms with Crippen LogP contribution in [-0.4, -0.2) is 37.4 Å². The molecule has 0 aliphatic heterocycles. The highest BCUT2D eigenvalue weighted by Gasteiger charge is 2.20. The van der Waals surface area contributed by atoms with E-state index in [1.165, 1.54) is 0 Å². The van der Waals surface area contributed by atoms with Crippen molar-refractivity contribution in [3.8, 4) is 0 Å². The summed E-state index contributed by atoms with van der Waals surface area (Å²) in [6.45, 7) is 13.4. The van der Waals surface area contributed by atoms with Gasteiger partial charge in [0.05, 0.1) is 0 Å². The minimum Gasteiger partial charge on any atom is -0.377 e. The van der Waals surface area contributed by atoms with Crippen LogP contribution in [0.3, 0.4) is 0 Å². The maximum Gasteiger partial charge on any atom is 0.225 e. The molecule has 1 rings (SSSR count). The number of hydrogen-bond acceptors (Lipinski definition) is 3. The molecule has 0 saturated heterocycles. The number of nitrogens with one attached hydrogen (secondary N) is 1. The second-order valence-electron chi connectivity index (χ2n) is 8.94. The van der Waals surface area contributed by atoms with E-state index in [-0.39, 0.29) is 23.1 Å². The van der Waals surface area contributed by atoms with Crippen molar-refractivity contribution in [1.29, 1.82) is 0 Å². The number of benzene rings is 1. The van der Waals surface area contributed by atoms with Gasteiger partial charge in [0.15, 0.2) is 0 Å².